The van der Waals surface area contributed by atoms with E-state index >= 15 is 0 Å². The van der Waals surface area contributed by atoms with Gasteiger partial charge in [-0.05, 0) is 29.3 Å². The van der Waals surface area contributed by atoms with Crippen molar-refractivity contribution in [3.63, 3.8) is 0 Å². The summed E-state index contributed by atoms with van der Waals surface area (Å²) in [4.78, 5) is -0.138. The van der Waals surface area contributed by atoms with Gasteiger partial charge in [-0.1, -0.05) is 30.3 Å². The van der Waals surface area contributed by atoms with Crippen LogP contribution in [0.15, 0.2) is 41.3 Å². The van der Waals surface area contributed by atoms with Crippen LogP contribution in [0.2, 0.25) is 0 Å². The van der Waals surface area contributed by atoms with E-state index in [9.17, 15) is 13.0 Å². The predicted molar refractivity (Wildman–Crippen MR) is 56.6 cm³/mol. The van der Waals surface area contributed by atoms with Gasteiger partial charge in [-0.2, -0.15) is 0 Å². The van der Waals surface area contributed by atoms with Crippen LogP contribution in [0.3, 0.4) is 0 Å². The van der Waals surface area contributed by atoms with E-state index in [1.165, 1.54) is 6.07 Å². The van der Waals surface area contributed by atoms with Gasteiger partial charge in [0.2, 0.25) is 0 Å². The zero-order valence-electron chi connectivity index (χ0n) is 9.10. The summed E-state index contributed by atoms with van der Waals surface area (Å²) in [5.74, 6) is 0. The van der Waals surface area contributed by atoms with Crippen molar-refractivity contribution in [1.29, 1.82) is 0 Å². The van der Waals surface area contributed by atoms with Crippen LogP contribution >= 0.6 is 0 Å². The van der Waals surface area contributed by atoms with Crippen molar-refractivity contribution < 1.29 is 31.8 Å². The number of rotatable bonds is 1. The number of hydrogen-bond acceptors (Lipinski definition) is 3. The van der Waals surface area contributed by atoms with Crippen molar-refractivity contribution in [3.8, 4) is 0 Å². The van der Waals surface area contributed by atoms with E-state index in [1.54, 1.807) is 25.1 Å². The third-order valence-electron chi connectivity index (χ3n) is 2.31. The third-order valence-corrected chi connectivity index (χ3v) is 3.29. The van der Waals surface area contributed by atoms with Crippen LogP contribution in [-0.2, 0) is 10.1 Å². The van der Waals surface area contributed by atoms with Gasteiger partial charge in [0.15, 0.2) is 0 Å². The van der Waals surface area contributed by atoms with Crippen LogP contribution < -0.4 is 18.9 Å². The molecule has 0 fully saturated rings. The van der Waals surface area contributed by atoms with Crippen molar-refractivity contribution in [2.24, 2.45) is 0 Å². The molecule has 16 heavy (non-hydrogen) atoms. The van der Waals surface area contributed by atoms with Crippen LogP contribution in [0.1, 0.15) is 5.56 Å². The Bertz CT molecular complexity index is 620. The SMILES string of the molecule is Cc1cc2ccccc2cc1S(=O)(=O)[O-].[Li+]. The summed E-state index contributed by atoms with van der Waals surface area (Å²) in [6, 6.07) is 10.5. The predicted octanol–water partition coefficient (Wildman–Crippen LogP) is -0.944. The number of hydrogen-bond donors (Lipinski definition) is 0. The molecule has 0 N–H and O–H groups in total. The molecule has 2 rings (SSSR count). The Morgan fingerprint density at radius 1 is 1.06 bits per heavy atom. The fourth-order valence-corrected chi connectivity index (χ4v) is 2.33. The molecule has 0 saturated carbocycles. The van der Waals surface area contributed by atoms with Crippen molar-refractivity contribution in [3.05, 3.63) is 42.0 Å². The van der Waals surface area contributed by atoms with Gasteiger partial charge in [-0.3, -0.25) is 0 Å². The maximum Gasteiger partial charge on any atom is 1.00 e. The molecule has 0 spiro atoms. The molecule has 2 aromatic carbocycles. The average molecular weight is 228 g/mol. The second-order valence-corrected chi connectivity index (χ2v) is 4.77. The van der Waals surface area contributed by atoms with Gasteiger partial charge in [0.25, 0.3) is 0 Å². The molecule has 0 bridgehead atoms. The summed E-state index contributed by atoms with van der Waals surface area (Å²) in [6.07, 6.45) is 0. The van der Waals surface area contributed by atoms with E-state index in [0.717, 1.165) is 10.8 Å². The summed E-state index contributed by atoms with van der Waals surface area (Å²) >= 11 is 0. The van der Waals surface area contributed by atoms with Crippen LogP contribution in [0.25, 0.3) is 10.8 Å². The molecular weight excluding hydrogens is 219 g/mol. The molecule has 78 valence electrons. The number of benzene rings is 2. The zero-order chi connectivity index (χ0) is 11.1. The molecular formula is C11H9LiO3S. The van der Waals surface area contributed by atoms with Gasteiger partial charge in [-0.25, -0.2) is 8.42 Å². The molecule has 0 aromatic heterocycles. The first-order valence-corrected chi connectivity index (χ1v) is 5.84. The normalized spacial score (nSPS) is 11.1. The monoisotopic (exact) mass is 228 g/mol. The Hall–Kier alpha value is -0.793. The second kappa shape index (κ2) is 4.60. The Morgan fingerprint density at radius 3 is 2.06 bits per heavy atom. The first kappa shape index (κ1) is 13.3. The number of aryl methyl sites for hydroxylation is 1. The van der Waals surface area contributed by atoms with E-state index in [1.807, 2.05) is 12.1 Å². The van der Waals surface area contributed by atoms with Crippen molar-refractivity contribution in [1.82, 2.24) is 0 Å². The summed E-state index contributed by atoms with van der Waals surface area (Å²) in [7, 11) is -4.37. The minimum absolute atomic E-state index is 0. The first-order valence-electron chi connectivity index (χ1n) is 4.44. The van der Waals surface area contributed by atoms with Crippen LogP contribution in [-0.4, -0.2) is 13.0 Å². The maximum absolute atomic E-state index is 10.9. The Kier molecular flexibility index (Phi) is 3.82. The van der Waals surface area contributed by atoms with Gasteiger partial charge >= 0.3 is 18.9 Å². The fourth-order valence-electron chi connectivity index (χ4n) is 1.60. The molecule has 0 aliphatic carbocycles. The average Bonchev–Trinajstić information content (AvgIpc) is 2.15. The molecule has 0 aliphatic heterocycles. The fraction of sp³-hybridized carbons (Fsp3) is 0.0909. The van der Waals surface area contributed by atoms with E-state index in [-0.39, 0.29) is 23.8 Å². The van der Waals surface area contributed by atoms with Gasteiger partial charge < -0.3 is 4.55 Å². The smallest absolute Gasteiger partial charge is 0.744 e. The summed E-state index contributed by atoms with van der Waals surface area (Å²) < 4.78 is 32.8. The van der Waals surface area contributed by atoms with Crippen molar-refractivity contribution in [2.45, 2.75) is 11.8 Å². The summed E-state index contributed by atoms with van der Waals surface area (Å²) in [5.41, 5.74) is 0.490. The van der Waals surface area contributed by atoms with Crippen LogP contribution in [0.5, 0.6) is 0 Å². The topological polar surface area (TPSA) is 57.2 Å². The quantitative estimate of drug-likeness (QED) is 0.467. The zero-order valence-corrected chi connectivity index (χ0v) is 9.91. The largest absolute Gasteiger partial charge is 1.00 e. The molecule has 2 aromatic rings. The van der Waals surface area contributed by atoms with Crippen molar-refractivity contribution >= 4 is 20.9 Å². The molecule has 0 aliphatic rings. The van der Waals surface area contributed by atoms with Gasteiger partial charge in [0.1, 0.15) is 10.1 Å². The molecule has 0 atom stereocenters. The van der Waals surface area contributed by atoms with Crippen molar-refractivity contribution in [2.75, 3.05) is 0 Å². The minimum Gasteiger partial charge on any atom is -0.744 e. The first-order chi connectivity index (χ1) is 6.98. The minimum atomic E-state index is -4.37. The standard InChI is InChI=1S/C11H10O3S.Li/c1-8-6-9-4-2-3-5-10(9)7-11(8)15(12,13)14;/h2-7H,1H3,(H,12,13,14);/q;+1/p-1. The molecule has 0 heterocycles. The van der Waals surface area contributed by atoms with Gasteiger partial charge in [0, 0.05) is 0 Å². The summed E-state index contributed by atoms with van der Waals surface area (Å²) in [6.45, 7) is 1.62. The van der Waals surface area contributed by atoms with E-state index < -0.39 is 10.1 Å². The molecule has 3 nitrogen and oxygen atoms in total. The van der Waals surface area contributed by atoms with E-state index in [0.29, 0.717) is 5.56 Å². The maximum atomic E-state index is 10.9. The summed E-state index contributed by atoms with van der Waals surface area (Å²) in [5, 5.41) is 1.69. The van der Waals surface area contributed by atoms with Crippen LogP contribution in [0, 0.1) is 6.92 Å². The molecule has 0 amide bonds. The molecule has 5 heteroatoms. The van der Waals surface area contributed by atoms with E-state index in [4.69, 9.17) is 0 Å². The number of fused-ring (bicyclic) bond motifs is 1. The molecule has 0 unspecified atom stereocenters. The molecule has 0 radical (unpaired) electrons. The van der Waals surface area contributed by atoms with E-state index in [2.05, 4.69) is 0 Å². The Morgan fingerprint density at radius 2 is 1.56 bits per heavy atom. The second-order valence-electron chi connectivity index (χ2n) is 3.42. The van der Waals surface area contributed by atoms with Gasteiger partial charge in [-0.15, -0.1) is 0 Å². The Balaban J connectivity index is 0.00000128. The Labute approximate surface area is 106 Å². The van der Waals surface area contributed by atoms with Crippen LogP contribution in [0.4, 0.5) is 0 Å². The molecule has 0 saturated heterocycles. The van der Waals surface area contributed by atoms with Gasteiger partial charge in [0.05, 0.1) is 4.90 Å². The third kappa shape index (κ3) is 2.47.